The molecule has 1 aliphatic rings. The predicted octanol–water partition coefficient (Wildman–Crippen LogP) is 1.29. The minimum absolute atomic E-state index is 0.136. The summed E-state index contributed by atoms with van der Waals surface area (Å²) in [5.74, 6) is 0.350. The Morgan fingerprint density at radius 3 is 2.74 bits per heavy atom. The third kappa shape index (κ3) is 3.32. The number of aliphatic hydroxyl groups is 3. The lowest BCUT2D eigenvalue weighted by molar-refractivity contribution is -0.00455. The number of nitrogens with one attached hydrogen (secondary N) is 1. The molecule has 0 bridgehead atoms. The molecule has 27 heavy (non-hydrogen) atoms. The molecular weight excluding hydrogens is 346 g/mol. The molecule has 4 rings (SSSR count). The number of hydrogen-bond acceptors (Lipinski definition) is 5. The zero-order chi connectivity index (χ0) is 19.0. The molecule has 0 aliphatic carbocycles. The lowest BCUT2D eigenvalue weighted by Crippen LogP contribution is -2.38. The van der Waals surface area contributed by atoms with Crippen molar-refractivity contribution in [2.24, 2.45) is 0 Å². The molecular formula is C20H21N3O4. The number of aromatic nitrogens is 2. The Morgan fingerprint density at radius 1 is 1.19 bits per heavy atom. The fourth-order valence-electron chi connectivity index (χ4n) is 3.49. The van der Waals surface area contributed by atoms with Gasteiger partial charge in [-0.05, 0) is 41.8 Å². The summed E-state index contributed by atoms with van der Waals surface area (Å²) in [4.78, 5) is 21.7. The minimum atomic E-state index is -1.21. The number of aromatic amines is 1. The molecule has 140 valence electrons. The number of carbonyl (C=O) groups excluding carboxylic acids is 1. The van der Waals surface area contributed by atoms with Crippen LogP contribution in [0.2, 0.25) is 0 Å². The van der Waals surface area contributed by atoms with Crippen LogP contribution in [0.5, 0.6) is 0 Å². The summed E-state index contributed by atoms with van der Waals surface area (Å²) in [7, 11) is 0. The first-order valence-electron chi connectivity index (χ1n) is 8.84. The van der Waals surface area contributed by atoms with E-state index in [2.05, 4.69) is 9.97 Å². The van der Waals surface area contributed by atoms with Gasteiger partial charge in [-0.3, -0.25) is 4.79 Å². The van der Waals surface area contributed by atoms with Crippen molar-refractivity contribution in [3.63, 3.8) is 0 Å². The number of carbonyl (C=O) groups is 1. The van der Waals surface area contributed by atoms with E-state index in [1.807, 2.05) is 36.4 Å². The molecule has 1 aliphatic heterocycles. The number of hydrogen-bond donors (Lipinski definition) is 4. The van der Waals surface area contributed by atoms with E-state index in [1.54, 1.807) is 11.0 Å². The van der Waals surface area contributed by atoms with Gasteiger partial charge in [-0.2, -0.15) is 0 Å². The van der Waals surface area contributed by atoms with Gasteiger partial charge in [-0.15, -0.1) is 0 Å². The van der Waals surface area contributed by atoms with E-state index in [4.69, 9.17) is 0 Å². The number of imidazole rings is 1. The summed E-state index contributed by atoms with van der Waals surface area (Å²) in [6, 6.07) is 13.1. The van der Waals surface area contributed by atoms with Crippen molar-refractivity contribution >= 4 is 16.9 Å². The summed E-state index contributed by atoms with van der Waals surface area (Å²) in [6.45, 7) is 0.0572. The average Bonchev–Trinajstić information content (AvgIpc) is 3.30. The van der Waals surface area contributed by atoms with Crippen molar-refractivity contribution in [2.45, 2.75) is 18.6 Å². The zero-order valence-corrected chi connectivity index (χ0v) is 14.7. The molecule has 1 amide bonds. The smallest absolute Gasteiger partial charge is 0.253 e. The van der Waals surface area contributed by atoms with E-state index in [9.17, 15) is 20.1 Å². The normalized spacial score (nSPS) is 19.7. The van der Waals surface area contributed by atoms with Crippen molar-refractivity contribution in [3.8, 4) is 11.1 Å². The summed E-state index contributed by atoms with van der Waals surface area (Å²) in [5.41, 5.74) is 2.74. The van der Waals surface area contributed by atoms with Crippen LogP contribution in [-0.2, 0) is 6.61 Å². The quantitative estimate of drug-likeness (QED) is 0.556. The molecule has 0 unspecified atom stereocenters. The van der Waals surface area contributed by atoms with Gasteiger partial charge in [-0.1, -0.05) is 18.2 Å². The Hall–Kier alpha value is -2.74. The van der Waals surface area contributed by atoms with Crippen molar-refractivity contribution in [1.82, 2.24) is 14.9 Å². The number of H-pyrrole nitrogens is 1. The van der Waals surface area contributed by atoms with Crippen LogP contribution in [0.1, 0.15) is 22.6 Å². The van der Waals surface area contributed by atoms with Crippen molar-refractivity contribution in [2.75, 3.05) is 19.7 Å². The number of rotatable bonds is 4. The standard InChI is InChI=1S/C20H21N3O4/c24-10-18-21-16-5-4-14(9-17(16)22-18)13-2-1-3-15(8-13)19(26)23-7-6-20(27,11-23)12-25/h1-5,8-9,24-25,27H,6-7,10-12H2,(H,21,22)/t20-/m0/s1. The third-order valence-corrected chi connectivity index (χ3v) is 5.04. The summed E-state index contributed by atoms with van der Waals surface area (Å²) in [6.07, 6.45) is 0.374. The van der Waals surface area contributed by atoms with E-state index in [0.717, 1.165) is 22.2 Å². The number of benzene rings is 2. The Morgan fingerprint density at radius 2 is 2.00 bits per heavy atom. The fraction of sp³-hybridized carbons (Fsp3) is 0.300. The summed E-state index contributed by atoms with van der Waals surface area (Å²) < 4.78 is 0. The molecule has 1 atom stereocenters. The van der Waals surface area contributed by atoms with Crippen LogP contribution in [-0.4, -0.2) is 61.4 Å². The topological polar surface area (TPSA) is 110 Å². The highest BCUT2D eigenvalue weighted by Gasteiger charge is 2.37. The second kappa shape index (κ2) is 6.77. The molecule has 1 fully saturated rings. The van der Waals surface area contributed by atoms with E-state index in [1.165, 1.54) is 0 Å². The molecule has 0 spiro atoms. The van der Waals surface area contributed by atoms with Gasteiger partial charge in [0.1, 0.15) is 18.0 Å². The number of fused-ring (bicyclic) bond motifs is 1. The van der Waals surface area contributed by atoms with Gasteiger partial charge in [0.2, 0.25) is 0 Å². The second-order valence-electron chi connectivity index (χ2n) is 7.01. The maximum atomic E-state index is 12.8. The van der Waals surface area contributed by atoms with Crippen LogP contribution < -0.4 is 0 Å². The first-order valence-corrected chi connectivity index (χ1v) is 8.84. The highest BCUT2D eigenvalue weighted by atomic mass is 16.3. The van der Waals surface area contributed by atoms with E-state index in [-0.39, 0.29) is 25.7 Å². The fourth-order valence-corrected chi connectivity index (χ4v) is 3.49. The molecule has 2 aromatic carbocycles. The average molecular weight is 367 g/mol. The maximum Gasteiger partial charge on any atom is 0.253 e. The Kier molecular flexibility index (Phi) is 4.43. The van der Waals surface area contributed by atoms with Crippen LogP contribution in [0.4, 0.5) is 0 Å². The van der Waals surface area contributed by atoms with Gasteiger partial charge in [0.15, 0.2) is 0 Å². The SMILES string of the molecule is O=C(c1cccc(-c2ccc3nc(CO)[nH]c3c2)c1)N1CC[C@@](O)(CO)C1. The van der Waals surface area contributed by atoms with Gasteiger partial charge in [0, 0.05) is 12.1 Å². The molecule has 1 aromatic heterocycles. The predicted molar refractivity (Wildman–Crippen MR) is 100 cm³/mol. The zero-order valence-electron chi connectivity index (χ0n) is 14.7. The molecule has 7 heteroatoms. The Balaban J connectivity index is 1.62. The van der Waals surface area contributed by atoms with E-state index in [0.29, 0.717) is 24.4 Å². The molecule has 0 saturated carbocycles. The minimum Gasteiger partial charge on any atom is -0.393 e. The highest BCUT2D eigenvalue weighted by Crippen LogP contribution is 2.26. The van der Waals surface area contributed by atoms with Crippen LogP contribution in [0.3, 0.4) is 0 Å². The summed E-state index contributed by atoms with van der Waals surface area (Å²) in [5, 5.41) is 28.6. The number of likely N-dealkylation sites (tertiary alicyclic amines) is 1. The van der Waals surface area contributed by atoms with Gasteiger partial charge >= 0.3 is 0 Å². The molecule has 1 saturated heterocycles. The van der Waals surface area contributed by atoms with Gasteiger partial charge < -0.3 is 25.2 Å². The Labute approximate surface area is 155 Å². The van der Waals surface area contributed by atoms with Crippen LogP contribution in [0.25, 0.3) is 22.2 Å². The second-order valence-corrected chi connectivity index (χ2v) is 7.01. The number of nitrogens with zero attached hydrogens (tertiary/aromatic N) is 2. The molecule has 3 aromatic rings. The van der Waals surface area contributed by atoms with Gasteiger partial charge in [0.05, 0.1) is 24.2 Å². The first-order chi connectivity index (χ1) is 13.0. The first kappa shape index (κ1) is 17.7. The summed E-state index contributed by atoms with van der Waals surface area (Å²) >= 11 is 0. The van der Waals surface area contributed by atoms with Gasteiger partial charge in [-0.25, -0.2) is 4.98 Å². The van der Waals surface area contributed by atoms with Crippen LogP contribution in [0, 0.1) is 0 Å². The molecule has 0 radical (unpaired) electrons. The molecule has 4 N–H and O–H groups in total. The van der Waals surface area contributed by atoms with Gasteiger partial charge in [0.25, 0.3) is 5.91 Å². The van der Waals surface area contributed by atoms with Crippen molar-refractivity contribution in [1.29, 1.82) is 0 Å². The van der Waals surface area contributed by atoms with E-state index >= 15 is 0 Å². The highest BCUT2D eigenvalue weighted by molar-refractivity contribution is 5.96. The molecule has 2 heterocycles. The Bertz CT molecular complexity index is 1000. The number of amides is 1. The lowest BCUT2D eigenvalue weighted by atomic mass is 10.0. The largest absolute Gasteiger partial charge is 0.393 e. The monoisotopic (exact) mass is 367 g/mol. The third-order valence-electron chi connectivity index (χ3n) is 5.04. The van der Waals surface area contributed by atoms with Crippen molar-refractivity contribution < 1.29 is 20.1 Å². The number of aliphatic hydroxyl groups excluding tert-OH is 2. The van der Waals surface area contributed by atoms with Crippen LogP contribution in [0.15, 0.2) is 42.5 Å². The molecule has 7 nitrogen and oxygen atoms in total. The van der Waals surface area contributed by atoms with Crippen molar-refractivity contribution in [3.05, 3.63) is 53.9 Å². The lowest BCUT2D eigenvalue weighted by Gasteiger charge is -2.21. The number of β-amino-alcohol motifs (C(OH)–C–C–N with tert-alkyl or cyclic N) is 1. The maximum absolute atomic E-state index is 12.8. The van der Waals surface area contributed by atoms with Crippen LogP contribution >= 0.6 is 0 Å². The van der Waals surface area contributed by atoms with E-state index < -0.39 is 5.60 Å².